The van der Waals surface area contributed by atoms with Gasteiger partial charge in [-0.3, -0.25) is 9.59 Å². The average molecular weight is 852 g/mol. The minimum Gasteiger partial charge on any atom is -0.356 e. The second kappa shape index (κ2) is 22.3. The molecule has 4 rings (SSSR count). The Kier molecular flexibility index (Phi) is 19.9. The molecule has 272 valence electrons. The van der Waals surface area contributed by atoms with Gasteiger partial charge >= 0.3 is 38.6 Å². The van der Waals surface area contributed by atoms with Crippen molar-refractivity contribution in [2.75, 3.05) is 22.9 Å². The number of benzene rings is 2. The number of aryl methyl sites for hydroxylation is 4. The molecule has 0 atom stereocenters. The maximum Gasteiger partial charge on any atom is 3.00 e. The van der Waals surface area contributed by atoms with Crippen LogP contribution in [0.3, 0.4) is 0 Å². The fourth-order valence-electron chi connectivity index (χ4n) is 4.73. The van der Waals surface area contributed by atoms with Crippen LogP contribution in [0.2, 0.25) is 0 Å². The second-order valence-corrected chi connectivity index (χ2v) is 10.2. The first-order chi connectivity index (χ1) is 23.4. The molecule has 0 aliphatic carbocycles. The zero-order valence-corrected chi connectivity index (χ0v) is 30.4. The number of pyridine rings is 2. The number of amides is 2. The Bertz CT molecular complexity index is 1670. The molecule has 0 unspecified atom stereocenters. The van der Waals surface area contributed by atoms with Crippen molar-refractivity contribution in [3.63, 3.8) is 0 Å². The van der Waals surface area contributed by atoms with E-state index in [2.05, 4.69) is 22.1 Å². The van der Waals surface area contributed by atoms with E-state index in [1.807, 2.05) is 77.9 Å². The van der Waals surface area contributed by atoms with Crippen molar-refractivity contribution in [3.05, 3.63) is 152 Å². The molecule has 2 amide bonds. The van der Waals surface area contributed by atoms with Crippen LogP contribution in [-0.4, -0.2) is 50.1 Å². The number of hydrogen-bond acceptors (Lipinski definition) is 13. The molecule has 0 saturated carbocycles. The van der Waals surface area contributed by atoms with E-state index in [-0.39, 0.29) is 50.4 Å². The van der Waals surface area contributed by atoms with Crippen molar-refractivity contribution < 1.29 is 63.5 Å². The number of rotatable bonds is 7. The van der Waals surface area contributed by atoms with Crippen LogP contribution in [0.25, 0.3) is 11.4 Å². The summed E-state index contributed by atoms with van der Waals surface area (Å²) in [6.07, 6.45) is 0. The molecule has 0 N–H and O–H groups in total. The first-order valence-corrected chi connectivity index (χ1v) is 14.6. The molecule has 2 aromatic heterocycles. The van der Waals surface area contributed by atoms with Crippen LogP contribution in [0.4, 0.5) is 11.4 Å². The molecule has 51 heavy (non-hydrogen) atoms. The monoisotopic (exact) mass is 851 g/mol. The topological polar surface area (TPSA) is 265 Å². The van der Waals surface area contributed by atoms with Gasteiger partial charge in [-0.15, -0.1) is 0 Å². The fourth-order valence-corrected chi connectivity index (χ4v) is 4.73. The van der Waals surface area contributed by atoms with Gasteiger partial charge in [0.1, 0.15) is 11.4 Å². The first-order valence-electron chi connectivity index (χ1n) is 14.6. The van der Waals surface area contributed by atoms with Crippen LogP contribution in [0.15, 0.2) is 72.8 Å². The van der Waals surface area contributed by atoms with Gasteiger partial charge in [-0.25, -0.2) is 9.97 Å². The third kappa shape index (κ3) is 15.3. The largest absolute Gasteiger partial charge is 3.00 e. The number of hydrogen-bond donors (Lipinski definition) is 0. The molecule has 0 aliphatic heterocycles. The molecule has 2 heterocycles. The Morgan fingerprint density at radius 3 is 1.12 bits per heavy atom. The molecule has 19 heteroatoms. The molecule has 0 aliphatic rings. The van der Waals surface area contributed by atoms with Gasteiger partial charge in [0.15, 0.2) is 0 Å². The number of nitrogens with zero attached hydrogens (tertiary/aromatic N) is 7. The van der Waals surface area contributed by atoms with Crippen molar-refractivity contribution in [1.29, 1.82) is 0 Å². The molecule has 18 nitrogen and oxygen atoms in total. The van der Waals surface area contributed by atoms with Crippen LogP contribution in [-0.2, 0) is 0 Å². The van der Waals surface area contributed by atoms with E-state index in [9.17, 15) is 9.59 Å². The summed E-state index contributed by atoms with van der Waals surface area (Å²) in [5, 5.41) is 44.2. The minimum absolute atomic E-state index is 0. The van der Waals surface area contributed by atoms with Crippen LogP contribution in [0.1, 0.15) is 57.1 Å². The molecular formula is C32H34N7O11Tb. The number of anilines is 2. The minimum atomic E-state index is -1.75. The van der Waals surface area contributed by atoms with Crippen molar-refractivity contribution >= 4 is 23.2 Å². The van der Waals surface area contributed by atoms with E-state index in [0.717, 1.165) is 33.6 Å². The van der Waals surface area contributed by atoms with Crippen LogP contribution in [0.5, 0.6) is 0 Å². The van der Waals surface area contributed by atoms with Gasteiger partial charge in [0.2, 0.25) is 0 Å². The summed E-state index contributed by atoms with van der Waals surface area (Å²) in [6.45, 7) is 13.0. The molecule has 2 aromatic carbocycles. The Morgan fingerprint density at radius 2 is 0.863 bits per heavy atom. The summed E-state index contributed by atoms with van der Waals surface area (Å²) in [7, 11) is 0. The first kappa shape index (κ1) is 45.6. The maximum atomic E-state index is 13.5. The summed E-state index contributed by atoms with van der Waals surface area (Å²) < 4.78 is 0. The fraction of sp³-hybridized carbons (Fsp3) is 0.250. The van der Waals surface area contributed by atoms with E-state index < -0.39 is 15.3 Å². The predicted octanol–water partition coefficient (Wildman–Crippen LogP) is 5.99. The van der Waals surface area contributed by atoms with Crippen molar-refractivity contribution in [1.82, 2.24) is 9.97 Å². The van der Waals surface area contributed by atoms with Crippen LogP contribution in [0, 0.1) is 112 Å². The molecule has 0 fully saturated rings. The Balaban J connectivity index is 0.00000167. The van der Waals surface area contributed by atoms with Crippen LogP contribution < -0.4 is 9.80 Å². The summed E-state index contributed by atoms with van der Waals surface area (Å²) in [5.41, 5.74) is 7.83. The average Bonchev–Trinajstić information content (AvgIpc) is 3.03. The van der Waals surface area contributed by atoms with E-state index in [4.69, 9.17) is 46.0 Å². The zero-order chi connectivity index (χ0) is 38.1. The molecule has 0 saturated heterocycles. The van der Waals surface area contributed by atoms with Gasteiger partial charge in [0.05, 0.1) is 26.6 Å². The molecule has 0 bridgehead atoms. The molecule has 4 aromatic rings. The number of aromatic nitrogens is 2. The quantitative estimate of drug-likeness (QED) is 0.153. The third-order valence-corrected chi connectivity index (χ3v) is 6.61. The smallest absolute Gasteiger partial charge is 0.356 e. The zero-order valence-electron chi connectivity index (χ0n) is 28.3. The maximum absolute atomic E-state index is 13.5. The van der Waals surface area contributed by atoms with E-state index >= 15 is 0 Å². The normalized spacial score (nSPS) is 9.45. The SMILES string of the molecule is CCN(C(=O)c1cccc(-c2cccc(C(=O)N(CC)c3ccc(C)cc3C)n2)n1)c1ccc(C)cc1C.O=[N+]([O-])[O-].O=[N+]([O-])[O-].O=[N+]([O-])[O-].[Tb+3]. The second-order valence-electron chi connectivity index (χ2n) is 10.2. The van der Waals surface area contributed by atoms with Gasteiger partial charge in [-0.05, 0) is 89.1 Å². The Labute approximate surface area is 323 Å². The molecular weight excluding hydrogens is 817 g/mol. The molecule has 0 radical (unpaired) electrons. The van der Waals surface area contributed by atoms with E-state index in [1.165, 1.54) is 0 Å². The standard InChI is InChI=1S/C32H34N4O2.3NO3.Tb/c1-7-35(29-17-15-21(3)19-23(29)5)31(37)27-13-9-11-25(33-27)26-12-10-14-28(34-26)32(38)36(8-2)30-18-16-22(4)20-24(30)6;3*2-1(3)4;/h9-20H,7-8H2,1-6H3;;;;/q;3*-1;+3. The van der Waals surface area contributed by atoms with Crippen molar-refractivity contribution in [2.24, 2.45) is 0 Å². The van der Waals surface area contributed by atoms with Crippen molar-refractivity contribution in [3.8, 4) is 11.4 Å². The third-order valence-electron chi connectivity index (χ3n) is 6.61. The summed E-state index contributed by atoms with van der Waals surface area (Å²) in [5.74, 6) is -0.360. The summed E-state index contributed by atoms with van der Waals surface area (Å²) in [4.78, 5) is 64.5. The summed E-state index contributed by atoms with van der Waals surface area (Å²) in [6, 6.07) is 22.7. The van der Waals surface area contributed by atoms with Gasteiger partial charge in [0.25, 0.3) is 11.8 Å². The van der Waals surface area contributed by atoms with Gasteiger partial charge < -0.3 is 55.8 Å². The Hall–Kier alpha value is -5.43. The number of carbonyl (C=O) groups is 2. The van der Waals surface area contributed by atoms with Gasteiger partial charge in [-0.2, -0.15) is 0 Å². The summed E-state index contributed by atoms with van der Waals surface area (Å²) >= 11 is 0. The van der Waals surface area contributed by atoms with Gasteiger partial charge in [-0.1, -0.05) is 47.5 Å². The predicted molar refractivity (Wildman–Crippen MR) is 185 cm³/mol. The Morgan fingerprint density at radius 1 is 0.569 bits per heavy atom. The van der Waals surface area contributed by atoms with Crippen LogP contribution >= 0.6 is 0 Å². The molecule has 0 spiro atoms. The van der Waals surface area contributed by atoms with Gasteiger partial charge in [0, 0.05) is 24.5 Å². The van der Waals surface area contributed by atoms with Crippen molar-refractivity contribution in [2.45, 2.75) is 41.5 Å². The van der Waals surface area contributed by atoms with E-state index in [1.54, 1.807) is 34.1 Å². The number of carbonyl (C=O) groups excluding carboxylic acids is 2. The van der Waals surface area contributed by atoms with E-state index in [0.29, 0.717) is 35.9 Å².